The number of nitrogens with zero attached hydrogens (tertiary/aromatic N) is 2. The van der Waals surface area contributed by atoms with Crippen molar-refractivity contribution in [3.8, 4) is 0 Å². The lowest BCUT2D eigenvalue weighted by atomic mass is 10.1. The number of benzene rings is 1. The van der Waals surface area contributed by atoms with Gasteiger partial charge in [0.25, 0.3) is 0 Å². The maximum atomic E-state index is 6.15. The van der Waals surface area contributed by atoms with E-state index >= 15 is 0 Å². The van der Waals surface area contributed by atoms with Crippen molar-refractivity contribution in [1.29, 1.82) is 0 Å². The van der Waals surface area contributed by atoms with Crippen LogP contribution in [0.1, 0.15) is 18.9 Å². The molecule has 1 unspecified atom stereocenters. The number of ether oxygens (including phenoxy) is 2. The monoisotopic (exact) mass is 534 g/mol. The van der Waals surface area contributed by atoms with Gasteiger partial charge in [-0.3, -0.25) is 4.99 Å². The highest BCUT2D eigenvalue weighted by Crippen LogP contribution is 2.23. The van der Waals surface area contributed by atoms with E-state index in [0.717, 1.165) is 62.1 Å². The van der Waals surface area contributed by atoms with Gasteiger partial charge in [-0.05, 0) is 43.5 Å². The summed E-state index contributed by atoms with van der Waals surface area (Å²) in [7, 11) is 1.70. The zero-order valence-electron chi connectivity index (χ0n) is 17.2. The Labute approximate surface area is 195 Å². The highest BCUT2D eigenvalue weighted by Gasteiger charge is 2.24. The Morgan fingerprint density at radius 2 is 2.24 bits per heavy atom. The molecular formula is C21H32ClIN4O2. The Kier molecular flexibility index (Phi) is 10.5. The number of aliphatic imine (C=N–C) groups is 1. The number of hydrogen-bond acceptors (Lipinski definition) is 3. The van der Waals surface area contributed by atoms with Crippen LogP contribution >= 0.6 is 35.6 Å². The van der Waals surface area contributed by atoms with Gasteiger partial charge in [-0.1, -0.05) is 11.6 Å². The summed E-state index contributed by atoms with van der Waals surface area (Å²) < 4.78 is 10.7. The summed E-state index contributed by atoms with van der Waals surface area (Å²) in [6, 6.07) is 5.95. The number of halogens is 2. The predicted molar refractivity (Wildman–Crippen MR) is 131 cm³/mol. The van der Waals surface area contributed by atoms with Crippen LogP contribution in [-0.2, 0) is 15.9 Å². The van der Waals surface area contributed by atoms with E-state index in [1.807, 2.05) is 18.2 Å². The molecule has 0 spiro atoms. The van der Waals surface area contributed by atoms with Gasteiger partial charge in [-0.25, -0.2) is 0 Å². The topological polar surface area (TPSA) is 61.9 Å². The number of fused-ring (bicyclic) bond motifs is 1. The fourth-order valence-corrected chi connectivity index (χ4v) is 3.79. The first-order valence-corrected chi connectivity index (χ1v) is 10.4. The van der Waals surface area contributed by atoms with Crippen molar-refractivity contribution in [3.63, 3.8) is 0 Å². The summed E-state index contributed by atoms with van der Waals surface area (Å²) in [5, 5.41) is 5.38. The van der Waals surface area contributed by atoms with Gasteiger partial charge < -0.3 is 24.7 Å². The van der Waals surface area contributed by atoms with Crippen LogP contribution in [0.5, 0.6) is 0 Å². The number of likely N-dealkylation sites (tertiary alicyclic amines) is 1. The number of guanidine groups is 1. The number of nitrogens with one attached hydrogen (secondary N) is 2. The second kappa shape index (κ2) is 12.6. The Morgan fingerprint density at radius 3 is 3.03 bits per heavy atom. The number of aromatic nitrogens is 1. The number of H-pyrrole nitrogens is 1. The molecule has 0 bridgehead atoms. The number of hydrogen-bond donors (Lipinski definition) is 2. The minimum absolute atomic E-state index is 0. The van der Waals surface area contributed by atoms with Crippen molar-refractivity contribution >= 4 is 52.4 Å². The van der Waals surface area contributed by atoms with Crippen LogP contribution in [0.3, 0.4) is 0 Å². The molecule has 1 fully saturated rings. The molecular weight excluding hydrogens is 503 g/mol. The third-order valence-corrected chi connectivity index (χ3v) is 5.31. The average Bonchev–Trinajstić information content (AvgIpc) is 3.32. The summed E-state index contributed by atoms with van der Waals surface area (Å²) in [5.41, 5.74) is 2.37. The van der Waals surface area contributed by atoms with E-state index in [9.17, 15) is 0 Å². The van der Waals surface area contributed by atoms with Crippen LogP contribution in [-0.4, -0.2) is 69.0 Å². The van der Waals surface area contributed by atoms with Gasteiger partial charge >= 0.3 is 0 Å². The van der Waals surface area contributed by atoms with E-state index in [1.54, 1.807) is 7.11 Å². The van der Waals surface area contributed by atoms with Crippen molar-refractivity contribution < 1.29 is 9.47 Å². The van der Waals surface area contributed by atoms with Crippen molar-refractivity contribution in [2.75, 3.05) is 53.1 Å². The SMILES string of the molecule is CCNC(=NCCc1c[nH]c2ccc(Cl)cc12)N1CCC(COCCOC)C1.I. The standard InChI is InChI=1S/C21H31ClN4O2.HI/c1-3-23-21(26-9-7-16(14-26)15-28-11-10-27-2)24-8-6-17-13-25-20-5-4-18(22)12-19(17)20;/h4-5,12-13,16,25H,3,6-11,14-15H2,1-2H3,(H,23,24);1H. The van der Waals surface area contributed by atoms with Gasteiger partial charge in [0.1, 0.15) is 0 Å². The fourth-order valence-electron chi connectivity index (χ4n) is 3.62. The molecule has 1 aromatic heterocycles. The van der Waals surface area contributed by atoms with E-state index in [1.165, 1.54) is 10.9 Å². The molecule has 1 atom stereocenters. The smallest absolute Gasteiger partial charge is 0.193 e. The van der Waals surface area contributed by atoms with Crippen LogP contribution in [0.25, 0.3) is 10.9 Å². The number of rotatable bonds is 9. The molecule has 1 aromatic carbocycles. The van der Waals surface area contributed by atoms with Crippen molar-refractivity contribution in [1.82, 2.24) is 15.2 Å². The molecule has 0 saturated carbocycles. The Hall–Kier alpha value is -1.03. The Bertz CT molecular complexity index is 783. The molecule has 0 radical (unpaired) electrons. The van der Waals surface area contributed by atoms with Crippen LogP contribution in [0.4, 0.5) is 0 Å². The number of methoxy groups -OCH3 is 1. The molecule has 0 aliphatic carbocycles. The van der Waals surface area contributed by atoms with Crippen molar-refractivity contribution in [3.05, 3.63) is 35.0 Å². The summed E-state index contributed by atoms with van der Waals surface area (Å²) in [6.45, 7) is 7.83. The maximum absolute atomic E-state index is 6.15. The Balaban J connectivity index is 0.00000300. The van der Waals surface area contributed by atoms with E-state index < -0.39 is 0 Å². The average molecular weight is 535 g/mol. The molecule has 1 saturated heterocycles. The lowest BCUT2D eigenvalue weighted by molar-refractivity contribution is 0.0536. The largest absolute Gasteiger partial charge is 0.382 e. The zero-order chi connectivity index (χ0) is 19.8. The molecule has 2 N–H and O–H groups in total. The lowest BCUT2D eigenvalue weighted by Crippen LogP contribution is -2.40. The first kappa shape index (κ1) is 24.2. The second-order valence-corrected chi connectivity index (χ2v) is 7.59. The van der Waals surface area contributed by atoms with E-state index in [0.29, 0.717) is 19.1 Å². The van der Waals surface area contributed by atoms with Crippen LogP contribution < -0.4 is 5.32 Å². The van der Waals surface area contributed by atoms with Crippen LogP contribution in [0.15, 0.2) is 29.4 Å². The van der Waals surface area contributed by atoms with Gasteiger partial charge in [0, 0.05) is 61.3 Å². The molecule has 1 aliphatic rings. The van der Waals surface area contributed by atoms with Crippen molar-refractivity contribution in [2.24, 2.45) is 10.9 Å². The molecule has 3 rings (SSSR count). The summed E-state index contributed by atoms with van der Waals surface area (Å²) in [5.74, 6) is 1.55. The van der Waals surface area contributed by atoms with Crippen LogP contribution in [0, 0.1) is 5.92 Å². The fraction of sp³-hybridized carbons (Fsp3) is 0.571. The van der Waals surface area contributed by atoms with Gasteiger partial charge in [-0.15, -0.1) is 24.0 Å². The molecule has 29 heavy (non-hydrogen) atoms. The van der Waals surface area contributed by atoms with Crippen molar-refractivity contribution in [2.45, 2.75) is 19.8 Å². The van der Waals surface area contributed by atoms with E-state index in [2.05, 4.69) is 28.3 Å². The highest BCUT2D eigenvalue weighted by molar-refractivity contribution is 14.0. The molecule has 2 aromatic rings. The van der Waals surface area contributed by atoms with E-state index in [-0.39, 0.29) is 24.0 Å². The molecule has 2 heterocycles. The molecule has 0 amide bonds. The maximum Gasteiger partial charge on any atom is 0.193 e. The summed E-state index contributed by atoms with van der Waals surface area (Å²) in [6.07, 6.45) is 4.08. The minimum atomic E-state index is 0. The first-order chi connectivity index (χ1) is 13.7. The molecule has 8 heteroatoms. The summed E-state index contributed by atoms with van der Waals surface area (Å²) >= 11 is 6.15. The quantitative estimate of drug-likeness (QED) is 0.222. The first-order valence-electron chi connectivity index (χ1n) is 10.1. The van der Waals surface area contributed by atoms with Gasteiger partial charge in [0.05, 0.1) is 19.8 Å². The van der Waals surface area contributed by atoms with Gasteiger partial charge in [-0.2, -0.15) is 0 Å². The zero-order valence-corrected chi connectivity index (χ0v) is 20.3. The summed E-state index contributed by atoms with van der Waals surface area (Å²) in [4.78, 5) is 10.5. The molecule has 6 nitrogen and oxygen atoms in total. The van der Waals surface area contributed by atoms with Crippen LogP contribution in [0.2, 0.25) is 5.02 Å². The molecule has 1 aliphatic heterocycles. The van der Waals surface area contributed by atoms with Gasteiger partial charge in [0.2, 0.25) is 0 Å². The second-order valence-electron chi connectivity index (χ2n) is 7.16. The minimum Gasteiger partial charge on any atom is -0.382 e. The number of aromatic amines is 1. The highest BCUT2D eigenvalue weighted by atomic mass is 127. The molecule has 162 valence electrons. The third-order valence-electron chi connectivity index (χ3n) is 5.08. The normalized spacial score (nSPS) is 17.0. The van der Waals surface area contributed by atoms with E-state index in [4.69, 9.17) is 26.1 Å². The Morgan fingerprint density at radius 1 is 1.38 bits per heavy atom. The predicted octanol–water partition coefficient (Wildman–Crippen LogP) is 3.93. The third kappa shape index (κ3) is 7.01. The van der Waals surface area contributed by atoms with Gasteiger partial charge in [0.15, 0.2) is 5.96 Å². The lowest BCUT2D eigenvalue weighted by Gasteiger charge is -2.21.